The molecule has 0 spiro atoms. The lowest BCUT2D eigenvalue weighted by molar-refractivity contribution is -0.192. The Balaban J connectivity index is 0.000000673. The summed E-state index contributed by atoms with van der Waals surface area (Å²) in [6.07, 6.45) is 1.47. The first-order chi connectivity index (χ1) is 18.3. The van der Waals surface area contributed by atoms with E-state index in [-0.39, 0.29) is 17.8 Å². The van der Waals surface area contributed by atoms with Crippen molar-refractivity contribution in [3.05, 3.63) is 52.4 Å². The van der Waals surface area contributed by atoms with E-state index in [1.54, 1.807) is 5.01 Å². The first-order valence-corrected chi connectivity index (χ1v) is 12.8. The molecule has 39 heavy (non-hydrogen) atoms. The minimum absolute atomic E-state index is 0.0209. The summed E-state index contributed by atoms with van der Waals surface area (Å²) in [6, 6.07) is 9.68. The van der Waals surface area contributed by atoms with Crippen LogP contribution < -0.4 is 10.4 Å². The molecule has 1 aromatic heterocycles. The number of carboxylic acid groups (broad SMARTS) is 1. The number of nitrogens with zero attached hydrogens (tertiary/aromatic N) is 5. The number of carbonyl (C=O) groups is 2. The van der Waals surface area contributed by atoms with Gasteiger partial charge in [-0.15, -0.1) is 0 Å². The number of aromatic nitrogens is 2. The zero-order chi connectivity index (χ0) is 29.2. The number of anilines is 1. The van der Waals surface area contributed by atoms with E-state index in [4.69, 9.17) is 21.5 Å². The van der Waals surface area contributed by atoms with Gasteiger partial charge in [-0.1, -0.05) is 50.4 Å². The number of rotatable bonds is 9. The van der Waals surface area contributed by atoms with E-state index >= 15 is 0 Å². The summed E-state index contributed by atoms with van der Waals surface area (Å²) in [4.78, 5) is 32.4. The molecule has 0 aliphatic heterocycles. The summed E-state index contributed by atoms with van der Waals surface area (Å²) in [5.74, 6) is -1.93. The largest absolute Gasteiger partial charge is 0.490 e. The molecule has 1 amide bonds. The van der Waals surface area contributed by atoms with E-state index in [2.05, 4.69) is 41.2 Å². The van der Waals surface area contributed by atoms with Gasteiger partial charge in [0.05, 0.1) is 12.2 Å². The van der Waals surface area contributed by atoms with Gasteiger partial charge in [0.2, 0.25) is 5.82 Å². The minimum atomic E-state index is -5.08. The van der Waals surface area contributed by atoms with Crippen molar-refractivity contribution < 1.29 is 27.9 Å². The molecule has 1 heterocycles. The van der Waals surface area contributed by atoms with Crippen LogP contribution in [0.4, 0.5) is 19.0 Å². The van der Waals surface area contributed by atoms with Crippen LogP contribution in [0.2, 0.25) is 5.02 Å². The number of alkyl halides is 3. The van der Waals surface area contributed by atoms with Crippen molar-refractivity contribution in [3.8, 4) is 6.07 Å². The number of nitriles is 1. The number of hydrogen-bond acceptors (Lipinski definition) is 7. The summed E-state index contributed by atoms with van der Waals surface area (Å²) in [5.41, 5.74) is 4.70. The molecule has 0 saturated heterocycles. The Morgan fingerprint density at radius 1 is 1.23 bits per heavy atom. The number of amides is 1. The SMILES string of the molecule is CC(C)CCN(C)Cc1ccc(C(=O)NN(c2nc(C#N)ncc2Cl)C2CCCC2)cc1.O=C(O)C(F)(F)F. The first kappa shape index (κ1) is 31.8. The summed E-state index contributed by atoms with van der Waals surface area (Å²) >= 11 is 6.34. The zero-order valence-corrected chi connectivity index (χ0v) is 22.8. The third-order valence-electron chi connectivity index (χ3n) is 5.96. The van der Waals surface area contributed by atoms with Crippen LogP contribution >= 0.6 is 11.6 Å². The maximum Gasteiger partial charge on any atom is 0.490 e. The fourth-order valence-electron chi connectivity index (χ4n) is 3.87. The van der Waals surface area contributed by atoms with Gasteiger partial charge in [-0.05, 0) is 56.5 Å². The summed E-state index contributed by atoms with van der Waals surface area (Å²) in [5, 5.41) is 18.3. The number of carboxylic acids is 1. The Kier molecular flexibility index (Phi) is 11.9. The average molecular weight is 569 g/mol. The summed E-state index contributed by atoms with van der Waals surface area (Å²) in [7, 11) is 2.11. The maximum atomic E-state index is 13.0. The molecule has 3 rings (SSSR count). The first-order valence-electron chi connectivity index (χ1n) is 12.4. The molecule has 0 bridgehead atoms. The lowest BCUT2D eigenvalue weighted by atomic mass is 10.1. The fraction of sp³-hybridized carbons (Fsp3) is 0.500. The average Bonchev–Trinajstić information content (AvgIpc) is 3.41. The van der Waals surface area contributed by atoms with E-state index in [1.807, 2.05) is 30.3 Å². The van der Waals surface area contributed by atoms with Crippen LogP contribution in [-0.4, -0.2) is 57.7 Å². The smallest absolute Gasteiger partial charge is 0.475 e. The molecule has 2 aromatic rings. The van der Waals surface area contributed by atoms with Crippen LogP contribution in [0.1, 0.15) is 67.7 Å². The van der Waals surface area contributed by atoms with Gasteiger partial charge in [0, 0.05) is 12.1 Å². The highest BCUT2D eigenvalue weighted by molar-refractivity contribution is 6.32. The molecular weight excluding hydrogens is 537 g/mol. The monoisotopic (exact) mass is 568 g/mol. The van der Waals surface area contributed by atoms with Crippen molar-refractivity contribution in [1.82, 2.24) is 20.3 Å². The normalized spacial score (nSPS) is 13.5. The van der Waals surface area contributed by atoms with Gasteiger partial charge in [-0.2, -0.15) is 23.4 Å². The Hall–Kier alpha value is -3.43. The lowest BCUT2D eigenvalue weighted by Gasteiger charge is -2.30. The second-order valence-electron chi connectivity index (χ2n) is 9.65. The van der Waals surface area contributed by atoms with Gasteiger partial charge in [0.25, 0.3) is 5.91 Å². The number of halogens is 4. The number of hydrogen-bond donors (Lipinski definition) is 2. The number of aliphatic carboxylic acids is 1. The molecule has 212 valence electrons. The number of carbonyl (C=O) groups excluding carboxylic acids is 1. The van der Waals surface area contributed by atoms with Crippen molar-refractivity contribution in [1.29, 1.82) is 5.26 Å². The molecule has 13 heteroatoms. The molecule has 0 radical (unpaired) electrons. The molecule has 2 N–H and O–H groups in total. The van der Waals surface area contributed by atoms with Gasteiger partial charge >= 0.3 is 12.1 Å². The summed E-state index contributed by atoms with van der Waals surface area (Å²) in [6.45, 7) is 6.34. The van der Waals surface area contributed by atoms with Gasteiger partial charge in [-0.25, -0.2) is 9.78 Å². The second kappa shape index (κ2) is 14.6. The van der Waals surface area contributed by atoms with Crippen LogP contribution in [0, 0.1) is 17.2 Å². The molecular formula is C26H32ClF3N6O3. The van der Waals surface area contributed by atoms with Crippen LogP contribution in [0.5, 0.6) is 0 Å². The molecule has 0 unspecified atom stereocenters. The van der Waals surface area contributed by atoms with Crippen molar-refractivity contribution >= 4 is 29.3 Å². The molecule has 1 saturated carbocycles. The Morgan fingerprint density at radius 3 is 2.33 bits per heavy atom. The summed E-state index contributed by atoms with van der Waals surface area (Å²) < 4.78 is 31.7. The Bertz CT molecular complexity index is 1150. The molecule has 0 atom stereocenters. The van der Waals surface area contributed by atoms with Gasteiger partial charge in [-0.3, -0.25) is 15.2 Å². The van der Waals surface area contributed by atoms with Crippen LogP contribution in [-0.2, 0) is 11.3 Å². The van der Waals surface area contributed by atoms with Crippen molar-refractivity contribution in [2.75, 3.05) is 18.6 Å². The van der Waals surface area contributed by atoms with Crippen molar-refractivity contribution in [2.24, 2.45) is 5.92 Å². The molecule has 1 aliphatic carbocycles. The van der Waals surface area contributed by atoms with Crippen molar-refractivity contribution in [3.63, 3.8) is 0 Å². The van der Waals surface area contributed by atoms with Gasteiger partial charge in [0.1, 0.15) is 11.1 Å². The molecule has 1 aliphatic rings. The van der Waals surface area contributed by atoms with Crippen LogP contribution in [0.3, 0.4) is 0 Å². The standard InChI is InChI=1S/C24H31ClN6O.C2HF3O2/c1-17(2)12-13-30(3)16-18-8-10-19(11-9-18)24(32)29-31(20-6-4-5-7-20)23-21(25)15-27-22(14-26)28-23;3-2(4,5)1(6)7/h8-11,15,17,20H,4-7,12-13,16H2,1-3H3,(H,29,32);(H,6,7). The second-order valence-corrected chi connectivity index (χ2v) is 10.1. The zero-order valence-electron chi connectivity index (χ0n) is 22.0. The topological polar surface area (TPSA) is 122 Å². The highest BCUT2D eigenvalue weighted by Gasteiger charge is 2.38. The number of benzene rings is 1. The molecule has 1 aromatic carbocycles. The fourth-order valence-corrected chi connectivity index (χ4v) is 4.05. The van der Waals surface area contributed by atoms with Crippen LogP contribution in [0.15, 0.2) is 30.5 Å². The minimum Gasteiger partial charge on any atom is -0.475 e. The van der Waals surface area contributed by atoms with Crippen LogP contribution in [0.25, 0.3) is 0 Å². The van der Waals surface area contributed by atoms with E-state index in [0.717, 1.165) is 50.8 Å². The van der Waals surface area contributed by atoms with Gasteiger partial charge < -0.3 is 10.0 Å². The third-order valence-corrected chi connectivity index (χ3v) is 6.23. The quantitative estimate of drug-likeness (QED) is 0.395. The predicted molar refractivity (Wildman–Crippen MR) is 140 cm³/mol. The predicted octanol–water partition coefficient (Wildman–Crippen LogP) is 5.21. The Labute approximate surface area is 230 Å². The molecule has 9 nitrogen and oxygen atoms in total. The third kappa shape index (κ3) is 10.3. The van der Waals surface area contributed by atoms with Crippen molar-refractivity contribution in [2.45, 2.75) is 64.7 Å². The van der Waals surface area contributed by atoms with E-state index in [9.17, 15) is 23.2 Å². The highest BCUT2D eigenvalue weighted by atomic mass is 35.5. The van der Waals surface area contributed by atoms with E-state index in [0.29, 0.717) is 22.3 Å². The highest BCUT2D eigenvalue weighted by Crippen LogP contribution is 2.30. The van der Waals surface area contributed by atoms with E-state index in [1.165, 1.54) is 6.20 Å². The number of nitrogens with one attached hydrogen (secondary N) is 1. The maximum absolute atomic E-state index is 13.0. The Morgan fingerprint density at radius 2 is 1.82 bits per heavy atom. The van der Waals surface area contributed by atoms with Gasteiger partial charge in [0.15, 0.2) is 5.82 Å². The van der Waals surface area contributed by atoms with E-state index < -0.39 is 12.1 Å². The lowest BCUT2D eigenvalue weighted by Crippen LogP contribution is -2.48. The number of hydrazine groups is 1. The molecule has 1 fully saturated rings.